The highest BCUT2D eigenvalue weighted by atomic mass is 16.7. The average molecular weight is 441 g/mol. The minimum atomic E-state index is 0.0454. The van der Waals surface area contributed by atoms with Crippen molar-refractivity contribution in [2.45, 2.75) is 92.6 Å². The number of benzene rings is 1. The number of fused-ring (bicyclic) bond motifs is 1. The SMILES string of the molecule is COCOc1ccc(CO)cc1C/C=C(\C)CCC1=C(C)CC[C@H]2C(C)(C)CCC[C@]12C. The highest BCUT2D eigenvalue weighted by Gasteiger charge is 2.49. The average Bonchev–Trinajstić information content (AvgIpc) is 2.75. The Morgan fingerprint density at radius 3 is 2.72 bits per heavy atom. The van der Waals surface area contributed by atoms with Crippen LogP contribution in [0.4, 0.5) is 0 Å². The van der Waals surface area contributed by atoms with Crippen molar-refractivity contribution in [1.82, 2.24) is 0 Å². The number of hydrogen-bond acceptors (Lipinski definition) is 3. The summed E-state index contributed by atoms with van der Waals surface area (Å²) in [5, 5.41) is 9.53. The summed E-state index contributed by atoms with van der Waals surface area (Å²) in [5.74, 6) is 1.65. The van der Waals surface area contributed by atoms with E-state index in [1.54, 1.807) is 18.3 Å². The molecule has 0 saturated heterocycles. The molecule has 1 fully saturated rings. The number of ether oxygens (including phenoxy) is 2. The quantitative estimate of drug-likeness (QED) is 0.322. The number of rotatable bonds is 9. The van der Waals surface area contributed by atoms with E-state index in [4.69, 9.17) is 9.47 Å². The molecule has 0 heterocycles. The van der Waals surface area contributed by atoms with Crippen molar-refractivity contribution in [3.05, 3.63) is 52.1 Å². The second kappa shape index (κ2) is 10.6. The van der Waals surface area contributed by atoms with Crippen LogP contribution in [0.15, 0.2) is 41.0 Å². The molecule has 1 aromatic carbocycles. The van der Waals surface area contributed by atoms with Crippen LogP contribution in [0, 0.1) is 16.7 Å². The van der Waals surface area contributed by atoms with Gasteiger partial charge in [0.1, 0.15) is 5.75 Å². The molecule has 0 radical (unpaired) electrons. The van der Waals surface area contributed by atoms with Gasteiger partial charge in [-0.3, -0.25) is 0 Å². The number of allylic oxidation sites excluding steroid dienone is 4. The third-order valence-electron chi connectivity index (χ3n) is 8.32. The van der Waals surface area contributed by atoms with Crippen LogP contribution in [0.5, 0.6) is 5.75 Å². The fraction of sp³-hybridized carbons (Fsp3) is 0.655. The Hall–Kier alpha value is -1.58. The second-order valence-electron chi connectivity index (χ2n) is 11.0. The smallest absolute Gasteiger partial charge is 0.188 e. The topological polar surface area (TPSA) is 38.7 Å². The minimum Gasteiger partial charge on any atom is -0.467 e. The Kier molecular flexibility index (Phi) is 8.27. The van der Waals surface area contributed by atoms with E-state index >= 15 is 0 Å². The Labute approximate surface area is 195 Å². The Balaban J connectivity index is 1.71. The van der Waals surface area contributed by atoms with E-state index in [1.165, 1.54) is 44.1 Å². The summed E-state index contributed by atoms with van der Waals surface area (Å²) in [6, 6.07) is 5.88. The Morgan fingerprint density at radius 1 is 1.22 bits per heavy atom. The molecule has 3 nitrogen and oxygen atoms in total. The molecule has 1 saturated carbocycles. The van der Waals surface area contributed by atoms with Crippen molar-refractivity contribution in [2.24, 2.45) is 16.7 Å². The first kappa shape index (κ1) is 25.1. The van der Waals surface area contributed by atoms with E-state index in [0.717, 1.165) is 35.6 Å². The fourth-order valence-electron chi connectivity index (χ4n) is 6.55. The first-order valence-corrected chi connectivity index (χ1v) is 12.4. The molecule has 0 aliphatic heterocycles. The van der Waals surface area contributed by atoms with Crippen molar-refractivity contribution in [3.63, 3.8) is 0 Å². The molecule has 2 aliphatic carbocycles. The molecular weight excluding hydrogens is 396 g/mol. The minimum absolute atomic E-state index is 0.0454. The van der Waals surface area contributed by atoms with Crippen molar-refractivity contribution in [2.75, 3.05) is 13.9 Å². The van der Waals surface area contributed by atoms with Crippen molar-refractivity contribution in [3.8, 4) is 5.75 Å². The van der Waals surface area contributed by atoms with Gasteiger partial charge < -0.3 is 14.6 Å². The van der Waals surface area contributed by atoms with Crippen LogP contribution in [0.1, 0.15) is 90.7 Å². The van der Waals surface area contributed by atoms with Crippen LogP contribution in [-0.4, -0.2) is 19.0 Å². The lowest BCUT2D eigenvalue weighted by atomic mass is 9.50. The molecular formula is C29H44O3. The van der Waals surface area contributed by atoms with Gasteiger partial charge in [-0.05, 0) is 98.8 Å². The molecule has 3 heteroatoms. The van der Waals surface area contributed by atoms with E-state index in [1.807, 2.05) is 18.2 Å². The zero-order valence-corrected chi connectivity index (χ0v) is 21.2. The number of aliphatic hydroxyl groups is 1. The van der Waals surface area contributed by atoms with Crippen molar-refractivity contribution >= 4 is 0 Å². The first-order valence-electron chi connectivity index (χ1n) is 12.4. The van der Waals surface area contributed by atoms with Gasteiger partial charge in [0.15, 0.2) is 6.79 Å². The Bertz CT molecular complexity index is 848. The molecule has 0 spiro atoms. The van der Waals surface area contributed by atoms with Crippen LogP contribution >= 0.6 is 0 Å². The summed E-state index contributed by atoms with van der Waals surface area (Å²) >= 11 is 0. The van der Waals surface area contributed by atoms with E-state index in [2.05, 4.69) is 40.7 Å². The molecule has 0 bridgehead atoms. The standard InChI is InChI=1S/C29H44O3/c1-21(8-12-24-18-23(19-30)11-14-26(24)32-20-31-6)9-13-25-22(2)10-15-27-28(3,4)16-7-17-29(25,27)5/h8,11,14,18,27,30H,7,9-10,12-13,15-17,19-20H2,1-6H3/b21-8+/t27-,29+/m0/s1. The molecule has 0 aromatic heterocycles. The van der Waals surface area contributed by atoms with Gasteiger partial charge in [0.25, 0.3) is 0 Å². The summed E-state index contributed by atoms with van der Waals surface area (Å²) in [6.45, 7) is 12.5. The van der Waals surface area contributed by atoms with Crippen LogP contribution in [0.25, 0.3) is 0 Å². The van der Waals surface area contributed by atoms with E-state index in [-0.39, 0.29) is 13.4 Å². The fourth-order valence-corrected chi connectivity index (χ4v) is 6.55. The normalized spacial score (nSPS) is 25.6. The van der Waals surface area contributed by atoms with Gasteiger partial charge in [-0.15, -0.1) is 0 Å². The number of methoxy groups -OCH3 is 1. The van der Waals surface area contributed by atoms with Crippen LogP contribution < -0.4 is 4.74 Å². The maximum absolute atomic E-state index is 9.53. The molecule has 2 aliphatic rings. The summed E-state index contributed by atoms with van der Waals surface area (Å²) in [6.07, 6.45) is 12.2. The lowest BCUT2D eigenvalue weighted by Crippen LogP contribution is -2.45. The van der Waals surface area contributed by atoms with Crippen LogP contribution in [0.3, 0.4) is 0 Å². The zero-order chi connectivity index (χ0) is 23.4. The predicted octanol–water partition coefficient (Wildman–Crippen LogP) is 7.37. The maximum Gasteiger partial charge on any atom is 0.188 e. The molecule has 1 aromatic rings. The van der Waals surface area contributed by atoms with E-state index in [0.29, 0.717) is 10.8 Å². The van der Waals surface area contributed by atoms with Gasteiger partial charge in [-0.1, -0.05) is 56.1 Å². The Morgan fingerprint density at radius 2 is 2.00 bits per heavy atom. The number of aliphatic hydroxyl groups excluding tert-OH is 1. The summed E-state index contributed by atoms with van der Waals surface area (Å²) in [5.41, 5.74) is 7.68. The molecule has 1 N–H and O–H groups in total. The van der Waals surface area contributed by atoms with Crippen molar-refractivity contribution in [1.29, 1.82) is 0 Å². The van der Waals surface area contributed by atoms with Gasteiger partial charge in [0.2, 0.25) is 0 Å². The molecule has 0 unspecified atom stereocenters. The van der Waals surface area contributed by atoms with Gasteiger partial charge >= 0.3 is 0 Å². The van der Waals surface area contributed by atoms with Crippen LogP contribution in [-0.2, 0) is 17.8 Å². The summed E-state index contributed by atoms with van der Waals surface area (Å²) < 4.78 is 10.8. The lowest BCUT2D eigenvalue weighted by Gasteiger charge is -2.55. The van der Waals surface area contributed by atoms with E-state index < -0.39 is 0 Å². The monoisotopic (exact) mass is 440 g/mol. The van der Waals surface area contributed by atoms with Gasteiger partial charge in [-0.25, -0.2) is 0 Å². The lowest BCUT2D eigenvalue weighted by molar-refractivity contribution is 0.0105. The third-order valence-corrected chi connectivity index (χ3v) is 8.32. The molecule has 32 heavy (non-hydrogen) atoms. The van der Waals surface area contributed by atoms with Crippen LogP contribution in [0.2, 0.25) is 0 Å². The van der Waals surface area contributed by atoms with E-state index in [9.17, 15) is 5.11 Å². The highest BCUT2D eigenvalue weighted by molar-refractivity contribution is 5.39. The third kappa shape index (κ3) is 5.48. The van der Waals surface area contributed by atoms with Gasteiger partial charge in [0.05, 0.1) is 6.61 Å². The van der Waals surface area contributed by atoms with Gasteiger partial charge in [-0.2, -0.15) is 0 Å². The molecule has 0 amide bonds. The second-order valence-corrected chi connectivity index (χ2v) is 11.0. The zero-order valence-electron chi connectivity index (χ0n) is 21.2. The van der Waals surface area contributed by atoms with Gasteiger partial charge in [0, 0.05) is 7.11 Å². The molecule has 2 atom stereocenters. The highest BCUT2D eigenvalue weighted by Crippen LogP contribution is 2.60. The predicted molar refractivity (Wildman–Crippen MR) is 133 cm³/mol. The van der Waals surface area contributed by atoms with Crippen molar-refractivity contribution < 1.29 is 14.6 Å². The largest absolute Gasteiger partial charge is 0.467 e. The summed E-state index contributed by atoms with van der Waals surface area (Å²) in [7, 11) is 1.63. The molecule has 3 rings (SSSR count). The summed E-state index contributed by atoms with van der Waals surface area (Å²) in [4.78, 5) is 0. The molecule has 178 valence electrons. The number of hydrogen-bond donors (Lipinski definition) is 1. The maximum atomic E-state index is 9.53. The first-order chi connectivity index (χ1) is 15.2.